The largest absolute Gasteiger partial charge is 0.417 e. The summed E-state index contributed by atoms with van der Waals surface area (Å²) in [6.45, 7) is 3.66. The quantitative estimate of drug-likeness (QED) is 0.809. The fourth-order valence-corrected chi connectivity index (χ4v) is 2.57. The van der Waals surface area contributed by atoms with Gasteiger partial charge in [-0.05, 0) is 23.6 Å². The van der Waals surface area contributed by atoms with Crippen LogP contribution >= 0.6 is 11.8 Å². The maximum absolute atomic E-state index is 12.9. The smallest absolute Gasteiger partial charge is 0.392 e. The molecule has 1 nitrogen and oxygen atoms in total. The van der Waals surface area contributed by atoms with Crippen LogP contribution in [-0.2, 0) is 12.8 Å². The van der Waals surface area contributed by atoms with E-state index in [4.69, 9.17) is 5.11 Å². The summed E-state index contributed by atoms with van der Waals surface area (Å²) in [5, 5.41) is 8.90. The van der Waals surface area contributed by atoms with Gasteiger partial charge in [0.15, 0.2) is 0 Å². The topological polar surface area (TPSA) is 20.2 Å². The highest BCUT2D eigenvalue weighted by Gasteiger charge is 2.33. The summed E-state index contributed by atoms with van der Waals surface area (Å²) in [5.41, 5.74) is -0.363. The molecule has 18 heavy (non-hydrogen) atoms. The van der Waals surface area contributed by atoms with Crippen molar-refractivity contribution in [3.8, 4) is 0 Å². The number of hydrogen-bond donors (Lipinski definition) is 1. The van der Waals surface area contributed by atoms with Gasteiger partial charge in [0.2, 0.25) is 0 Å². The van der Waals surface area contributed by atoms with Crippen LogP contribution in [0.25, 0.3) is 0 Å². The van der Waals surface area contributed by atoms with Crippen LogP contribution in [0.5, 0.6) is 0 Å². The Morgan fingerprint density at radius 1 is 1.33 bits per heavy atom. The van der Waals surface area contributed by atoms with E-state index in [1.54, 1.807) is 0 Å². The zero-order valence-corrected chi connectivity index (χ0v) is 11.2. The highest BCUT2D eigenvalue weighted by molar-refractivity contribution is 7.99. The number of thioether (sulfide) groups is 1. The lowest BCUT2D eigenvalue weighted by Gasteiger charge is -2.15. The predicted molar refractivity (Wildman–Crippen MR) is 67.5 cm³/mol. The van der Waals surface area contributed by atoms with Crippen molar-refractivity contribution in [2.45, 2.75) is 37.9 Å². The van der Waals surface area contributed by atoms with Crippen molar-refractivity contribution in [2.24, 2.45) is 5.92 Å². The second-order valence-corrected chi connectivity index (χ2v) is 5.37. The summed E-state index contributed by atoms with van der Waals surface area (Å²) in [6, 6.07) is 4.01. The summed E-state index contributed by atoms with van der Waals surface area (Å²) in [7, 11) is 0. The number of benzene rings is 1. The first-order chi connectivity index (χ1) is 8.38. The van der Waals surface area contributed by atoms with Gasteiger partial charge in [0.05, 0.1) is 12.2 Å². The van der Waals surface area contributed by atoms with Gasteiger partial charge in [-0.3, -0.25) is 0 Å². The van der Waals surface area contributed by atoms with Gasteiger partial charge in [-0.2, -0.15) is 13.2 Å². The van der Waals surface area contributed by atoms with Crippen LogP contribution in [0.1, 0.15) is 31.4 Å². The molecule has 0 aliphatic carbocycles. The Hall–Kier alpha value is -0.680. The van der Waals surface area contributed by atoms with Crippen molar-refractivity contribution in [3.63, 3.8) is 0 Å². The molecule has 0 radical (unpaired) electrons. The molecule has 0 bridgehead atoms. The molecule has 0 aromatic heterocycles. The van der Waals surface area contributed by atoms with Crippen molar-refractivity contribution in [3.05, 3.63) is 29.3 Å². The van der Waals surface area contributed by atoms with E-state index in [1.807, 2.05) is 13.8 Å². The van der Waals surface area contributed by atoms with E-state index in [9.17, 15) is 13.2 Å². The Morgan fingerprint density at radius 3 is 2.50 bits per heavy atom. The standard InChI is InChI=1S/C13H17F3OS/c1-3-9(2)8-18-12-5-4-10(7-17)6-11(12)13(14,15)16/h4-6,9,17H,3,7-8H2,1-2H3. The fraction of sp³-hybridized carbons (Fsp3) is 0.538. The van der Waals surface area contributed by atoms with Crippen LogP contribution in [0.3, 0.4) is 0 Å². The van der Waals surface area contributed by atoms with Gasteiger partial charge in [-0.1, -0.05) is 26.3 Å². The Kier molecular flexibility index (Phi) is 5.53. The van der Waals surface area contributed by atoms with Gasteiger partial charge in [-0.15, -0.1) is 11.8 Å². The first-order valence-corrected chi connectivity index (χ1v) is 6.80. The van der Waals surface area contributed by atoms with Gasteiger partial charge >= 0.3 is 6.18 Å². The SMILES string of the molecule is CCC(C)CSc1ccc(CO)cc1C(F)(F)F. The second kappa shape index (κ2) is 6.48. The van der Waals surface area contributed by atoms with Crippen molar-refractivity contribution in [2.75, 3.05) is 5.75 Å². The number of hydrogen-bond acceptors (Lipinski definition) is 2. The molecule has 0 aliphatic rings. The Bertz CT molecular complexity index is 390. The number of halogens is 3. The molecule has 1 aromatic carbocycles. The highest BCUT2D eigenvalue weighted by atomic mass is 32.2. The minimum absolute atomic E-state index is 0.236. The molecule has 1 unspecified atom stereocenters. The maximum atomic E-state index is 12.9. The van der Waals surface area contributed by atoms with Crippen LogP contribution in [0.2, 0.25) is 0 Å². The van der Waals surface area contributed by atoms with E-state index in [1.165, 1.54) is 23.9 Å². The molecular weight excluding hydrogens is 261 g/mol. The molecule has 0 heterocycles. The number of aliphatic hydroxyl groups excluding tert-OH is 1. The maximum Gasteiger partial charge on any atom is 0.417 e. The average molecular weight is 278 g/mol. The Morgan fingerprint density at radius 2 is 2.00 bits per heavy atom. The predicted octanol–water partition coefficient (Wildman–Crippen LogP) is 4.34. The van der Waals surface area contributed by atoms with Gasteiger partial charge in [0.25, 0.3) is 0 Å². The van der Waals surface area contributed by atoms with E-state index in [-0.39, 0.29) is 17.1 Å². The first-order valence-electron chi connectivity index (χ1n) is 5.82. The molecule has 102 valence electrons. The molecule has 0 saturated carbocycles. The third-order valence-corrected chi connectivity index (χ3v) is 4.15. The molecule has 0 aliphatic heterocycles. The normalized spacial score (nSPS) is 13.7. The third-order valence-electron chi connectivity index (χ3n) is 2.75. The Labute approximate surface area is 109 Å². The minimum atomic E-state index is -4.37. The van der Waals surface area contributed by atoms with Crippen LogP contribution < -0.4 is 0 Å². The van der Waals surface area contributed by atoms with E-state index in [0.717, 1.165) is 12.5 Å². The van der Waals surface area contributed by atoms with Crippen LogP contribution in [0.4, 0.5) is 13.2 Å². The lowest BCUT2D eigenvalue weighted by atomic mass is 10.1. The van der Waals surface area contributed by atoms with E-state index in [2.05, 4.69) is 0 Å². The van der Waals surface area contributed by atoms with Gasteiger partial charge < -0.3 is 5.11 Å². The zero-order chi connectivity index (χ0) is 13.8. The highest BCUT2D eigenvalue weighted by Crippen LogP contribution is 2.38. The molecule has 1 aromatic rings. The van der Waals surface area contributed by atoms with Gasteiger partial charge in [0, 0.05) is 10.6 Å². The molecule has 1 N–H and O–H groups in total. The monoisotopic (exact) mass is 278 g/mol. The molecule has 1 atom stereocenters. The number of alkyl halides is 3. The van der Waals surface area contributed by atoms with Crippen molar-refractivity contribution in [1.82, 2.24) is 0 Å². The van der Waals surface area contributed by atoms with E-state index >= 15 is 0 Å². The van der Waals surface area contributed by atoms with Crippen molar-refractivity contribution in [1.29, 1.82) is 0 Å². The van der Waals surface area contributed by atoms with Gasteiger partial charge in [0.1, 0.15) is 0 Å². The van der Waals surface area contributed by atoms with E-state index in [0.29, 0.717) is 11.7 Å². The minimum Gasteiger partial charge on any atom is -0.392 e. The molecule has 5 heteroatoms. The molecular formula is C13H17F3OS. The number of aliphatic hydroxyl groups is 1. The summed E-state index contributed by atoms with van der Waals surface area (Å²) < 4.78 is 38.6. The lowest BCUT2D eigenvalue weighted by Crippen LogP contribution is -2.08. The second-order valence-electron chi connectivity index (χ2n) is 4.31. The molecule has 1 rings (SSSR count). The van der Waals surface area contributed by atoms with E-state index < -0.39 is 11.7 Å². The van der Waals surface area contributed by atoms with Crippen molar-refractivity contribution >= 4 is 11.8 Å². The molecule has 0 saturated heterocycles. The van der Waals surface area contributed by atoms with Crippen molar-refractivity contribution < 1.29 is 18.3 Å². The lowest BCUT2D eigenvalue weighted by molar-refractivity contribution is -0.139. The number of rotatable bonds is 5. The summed E-state index contributed by atoms with van der Waals surface area (Å²) in [5.74, 6) is 1.05. The summed E-state index contributed by atoms with van der Waals surface area (Å²) >= 11 is 1.22. The zero-order valence-electron chi connectivity index (χ0n) is 10.4. The fourth-order valence-electron chi connectivity index (χ4n) is 1.37. The Balaban J connectivity index is 2.96. The molecule has 0 spiro atoms. The first kappa shape index (κ1) is 15.4. The van der Waals surface area contributed by atoms with Gasteiger partial charge in [-0.25, -0.2) is 0 Å². The van der Waals surface area contributed by atoms with Crippen LogP contribution in [0, 0.1) is 5.92 Å². The third kappa shape index (κ3) is 4.21. The summed E-state index contributed by atoms with van der Waals surface area (Å²) in [6.07, 6.45) is -3.42. The average Bonchev–Trinajstić information content (AvgIpc) is 2.34. The van der Waals surface area contributed by atoms with Crippen LogP contribution in [-0.4, -0.2) is 10.9 Å². The van der Waals surface area contributed by atoms with Crippen LogP contribution in [0.15, 0.2) is 23.1 Å². The summed E-state index contributed by atoms with van der Waals surface area (Å²) in [4.78, 5) is 0.236. The molecule has 0 fully saturated rings. The molecule has 0 amide bonds.